The summed E-state index contributed by atoms with van der Waals surface area (Å²) >= 11 is 0. The molecule has 1 heterocycles. The maximum atomic E-state index is 12.5. The minimum atomic E-state index is 0.135. The molecule has 2 fully saturated rings. The lowest BCUT2D eigenvalue weighted by Crippen LogP contribution is -2.33. The van der Waals surface area contributed by atoms with Crippen LogP contribution in [0.15, 0.2) is 24.3 Å². The average molecular weight is 274 g/mol. The van der Waals surface area contributed by atoms with Crippen molar-refractivity contribution >= 4 is 5.91 Å². The number of rotatable bonds is 3. The van der Waals surface area contributed by atoms with Gasteiger partial charge in [0.15, 0.2) is 0 Å². The summed E-state index contributed by atoms with van der Waals surface area (Å²) in [7, 11) is 1.67. The molecule has 0 radical (unpaired) electrons. The molecular formula is C16H22N2O2. The van der Waals surface area contributed by atoms with Crippen molar-refractivity contribution in [2.45, 2.75) is 25.5 Å². The SMILES string of the molecule is COCc1ccc(C(=O)N2CC3CCC(N)C3C2)cc1. The number of hydrogen-bond acceptors (Lipinski definition) is 3. The van der Waals surface area contributed by atoms with Gasteiger partial charge in [0.2, 0.25) is 0 Å². The number of benzene rings is 1. The summed E-state index contributed by atoms with van der Waals surface area (Å²) in [4.78, 5) is 14.5. The second kappa shape index (κ2) is 5.54. The first-order chi connectivity index (χ1) is 9.69. The average Bonchev–Trinajstić information content (AvgIpc) is 3.02. The summed E-state index contributed by atoms with van der Waals surface area (Å²) in [5.74, 6) is 1.25. The van der Waals surface area contributed by atoms with E-state index in [-0.39, 0.29) is 11.9 Å². The topological polar surface area (TPSA) is 55.6 Å². The molecule has 0 spiro atoms. The predicted molar refractivity (Wildman–Crippen MR) is 77.2 cm³/mol. The fourth-order valence-corrected chi connectivity index (χ4v) is 3.57. The van der Waals surface area contributed by atoms with Gasteiger partial charge in [-0.3, -0.25) is 4.79 Å². The molecule has 1 aliphatic heterocycles. The summed E-state index contributed by atoms with van der Waals surface area (Å²) in [6.45, 7) is 2.28. The lowest BCUT2D eigenvalue weighted by Gasteiger charge is -2.19. The van der Waals surface area contributed by atoms with Crippen LogP contribution >= 0.6 is 0 Å². The van der Waals surface area contributed by atoms with Gasteiger partial charge in [-0.1, -0.05) is 12.1 Å². The summed E-state index contributed by atoms with van der Waals surface area (Å²) in [5, 5.41) is 0. The number of hydrogen-bond donors (Lipinski definition) is 1. The van der Waals surface area contributed by atoms with Gasteiger partial charge in [0, 0.05) is 31.8 Å². The highest BCUT2D eigenvalue weighted by atomic mass is 16.5. The van der Waals surface area contributed by atoms with Gasteiger partial charge in [-0.25, -0.2) is 0 Å². The van der Waals surface area contributed by atoms with Crippen molar-refractivity contribution in [1.29, 1.82) is 0 Å². The molecule has 0 bridgehead atoms. The fraction of sp³-hybridized carbons (Fsp3) is 0.562. The highest BCUT2D eigenvalue weighted by Crippen LogP contribution is 2.37. The number of carbonyl (C=O) groups excluding carboxylic acids is 1. The molecule has 1 saturated heterocycles. The third-order valence-corrected chi connectivity index (χ3v) is 4.71. The molecule has 0 aromatic heterocycles. The zero-order chi connectivity index (χ0) is 14.1. The number of amides is 1. The van der Waals surface area contributed by atoms with Gasteiger partial charge in [-0.2, -0.15) is 0 Å². The van der Waals surface area contributed by atoms with Crippen molar-refractivity contribution in [3.05, 3.63) is 35.4 Å². The van der Waals surface area contributed by atoms with E-state index in [1.54, 1.807) is 7.11 Å². The number of nitrogens with two attached hydrogens (primary N) is 1. The monoisotopic (exact) mass is 274 g/mol. The van der Waals surface area contributed by atoms with Crippen LogP contribution < -0.4 is 5.73 Å². The van der Waals surface area contributed by atoms with Crippen molar-refractivity contribution in [2.75, 3.05) is 20.2 Å². The van der Waals surface area contributed by atoms with E-state index in [0.717, 1.165) is 30.6 Å². The summed E-state index contributed by atoms with van der Waals surface area (Å²) in [6.07, 6.45) is 2.28. The van der Waals surface area contributed by atoms with Gasteiger partial charge in [0.25, 0.3) is 5.91 Å². The molecule has 1 aromatic rings. The molecule has 3 atom stereocenters. The molecule has 20 heavy (non-hydrogen) atoms. The summed E-state index contributed by atoms with van der Waals surface area (Å²) in [6, 6.07) is 7.98. The maximum absolute atomic E-state index is 12.5. The number of fused-ring (bicyclic) bond motifs is 1. The maximum Gasteiger partial charge on any atom is 0.253 e. The van der Waals surface area contributed by atoms with Crippen LogP contribution in [0.2, 0.25) is 0 Å². The van der Waals surface area contributed by atoms with Crippen LogP contribution in [0.4, 0.5) is 0 Å². The van der Waals surface area contributed by atoms with Gasteiger partial charge in [0.05, 0.1) is 6.61 Å². The first-order valence-corrected chi connectivity index (χ1v) is 7.32. The fourth-order valence-electron chi connectivity index (χ4n) is 3.57. The molecule has 4 heteroatoms. The lowest BCUT2D eigenvalue weighted by atomic mass is 9.98. The van der Waals surface area contributed by atoms with Crippen LogP contribution in [-0.2, 0) is 11.3 Å². The highest BCUT2D eigenvalue weighted by Gasteiger charge is 2.42. The molecule has 1 amide bonds. The zero-order valence-electron chi connectivity index (χ0n) is 11.9. The Hall–Kier alpha value is -1.39. The third kappa shape index (κ3) is 2.45. The van der Waals surface area contributed by atoms with E-state index < -0.39 is 0 Å². The van der Waals surface area contributed by atoms with Crippen molar-refractivity contribution < 1.29 is 9.53 Å². The Balaban J connectivity index is 1.67. The summed E-state index contributed by atoms with van der Waals surface area (Å²) < 4.78 is 5.08. The molecule has 108 valence electrons. The first-order valence-electron chi connectivity index (χ1n) is 7.32. The van der Waals surface area contributed by atoms with E-state index in [9.17, 15) is 4.79 Å². The van der Waals surface area contributed by atoms with Crippen molar-refractivity contribution in [3.8, 4) is 0 Å². The van der Waals surface area contributed by atoms with Crippen LogP contribution in [-0.4, -0.2) is 37.0 Å². The molecule has 1 saturated carbocycles. The highest BCUT2D eigenvalue weighted by molar-refractivity contribution is 5.94. The Morgan fingerprint density at radius 1 is 1.30 bits per heavy atom. The van der Waals surface area contributed by atoms with Crippen LogP contribution in [0, 0.1) is 11.8 Å². The smallest absolute Gasteiger partial charge is 0.253 e. The molecule has 1 aliphatic carbocycles. The van der Waals surface area contributed by atoms with Crippen LogP contribution in [0.25, 0.3) is 0 Å². The van der Waals surface area contributed by atoms with E-state index in [1.165, 1.54) is 6.42 Å². The van der Waals surface area contributed by atoms with Crippen LogP contribution in [0.3, 0.4) is 0 Å². The van der Waals surface area contributed by atoms with Gasteiger partial charge in [0.1, 0.15) is 0 Å². The molecular weight excluding hydrogens is 252 g/mol. The van der Waals surface area contributed by atoms with Gasteiger partial charge in [-0.15, -0.1) is 0 Å². The number of nitrogens with zero attached hydrogens (tertiary/aromatic N) is 1. The van der Waals surface area contributed by atoms with Crippen molar-refractivity contribution in [3.63, 3.8) is 0 Å². The van der Waals surface area contributed by atoms with E-state index in [1.807, 2.05) is 29.2 Å². The first kappa shape index (κ1) is 13.6. The van der Waals surface area contributed by atoms with E-state index in [2.05, 4.69) is 0 Å². The standard InChI is InChI=1S/C16H22N2O2/c1-20-10-11-2-4-12(5-3-11)16(19)18-8-13-6-7-15(17)14(13)9-18/h2-5,13-15H,6-10,17H2,1H3. The van der Waals surface area contributed by atoms with Gasteiger partial charge in [-0.05, 0) is 42.4 Å². The molecule has 1 aromatic carbocycles. The van der Waals surface area contributed by atoms with E-state index in [4.69, 9.17) is 10.5 Å². The molecule has 2 aliphatic rings. The predicted octanol–water partition coefficient (Wildman–Crippen LogP) is 1.64. The number of ether oxygens (including phenoxy) is 1. The molecule has 3 unspecified atom stereocenters. The Labute approximate surface area is 119 Å². The molecule has 4 nitrogen and oxygen atoms in total. The number of methoxy groups -OCH3 is 1. The van der Waals surface area contributed by atoms with Crippen LogP contribution in [0.1, 0.15) is 28.8 Å². The largest absolute Gasteiger partial charge is 0.380 e. The Bertz CT molecular complexity index is 486. The second-order valence-electron chi connectivity index (χ2n) is 6.01. The Kier molecular flexibility index (Phi) is 3.76. The normalized spacial score (nSPS) is 28.7. The third-order valence-electron chi connectivity index (χ3n) is 4.71. The van der Waals surface area contributed by atoms with E-state index in [0.29, 0.717) is 18.4 Å². The Morgan fingerprint density at radius 3 is 2.70 bits per heavy atom. The van der Waals surface area contributed by atoms with E-state index >= 15 is 0 Å². The van der Waals surface area contributed by atoms with Crippen molar-refractivity contribution in [1.82, 2.24) is 4.90 Å². The van der Waals surface area contributed by atoms with Gasteiger partial charge >= 0.3 is 0 Å². The Morgan fingerprint density at radius 2 is 2.05 bits per heavy atom. The lowest BCUT2D eigenvalue weighted by molar-refractivity contribution is 0.0779. The molecule has 2 N–H and O–H groups in total. The second-order valence-corrected chi connectivity index (χ2v) is 6.01. The van der Waals surface area contributed by atoms with Gasteiger partial charge < -0.3 is 15.4 Å². The van der Waals surface area contributed by atoms with Crippen LogP contribution in [0.5, 0.6) is 0 Å². The quantitative estimate of drug-likeness (QED) is 0.911. The number of carbonyl (C=O) groups is 1. The minimum Gasteiger partial charge on any atom is -0.380 e. The van der Waals surface area contributed by atoms with Crippen molar-refractivity contribution in [2.24, 2.45) is 17.6 Å². The zero-order valence-corrected chi connectivity index (χ0v) is 11.9. The summed E-state index contributed by atoms with van der Waals surface area (Å²) in [5.41, 5.74) is 7.97. The number of likely N-dealkylation sites (tertiary alicyclic amines) is 1. The molecule has 3 rings (SSSR count). The minimum absolute atomic E-state index is 0.135.